The standard InChI is InChI=1S/C24H22N2O5S/c1-16-4-3-5-20(12-16)26-32(28,29)23-14-19(9-6-17(23)2)25-24(27)11-8-18-7-10-21-22(13-18)31-15-30-21/h3-14,26H,15H2,1-2H3,(H,25,27)/b11-8+. The summed E-state index contributed by atoms with van der Waals surface area (Å²) in [4.78, 5) is 12.5. The summed E-state index contributed by atoms with van der Waals surface area (Å²) in [5, 5.41) is 2.70. The highest BCUT2D eigenvalue weighted by Gasteiger charge is 2.18. The van der Waals surface area contributed by atoms with Crippen molar-refractivity contribution in [1.82, 2.24) is 0 Å². The Hall–Kier alpha value is -3.78. The summed E-state index contributed by atoms with van der Waals surface area (Å²) in [5.41, 5.74) is 3.14. The van der Waals surface area contributed by atoms with Crippen molar-refractivity contribution in [2.75, 3.05) is 16.8 Å². The zero-order valence-electron chi connectivity index (χ0n) is 17.6. The Bertz CT molecular complexity index is 1320. The van der Waals surface area contributed by atoms with Crippen LogP contribution in [-0.4, -0.2) is 21.1 Å². The van der Waals surface area contributed by atoms with Gasteiger partial charge in [0.15, 0.2) is 11.5 Å². The molecule has 0 unspecified atom stereocenters. The molecule has 0 aromatic heterocycles. The van der Waals surface area contributed by atoms with Crippen LogP contribution in [0.3, 0.4) is 0 Å². The molecule has 7 nitrogen and oxygen atoms in total. The first-order chi connectivity index (χ1) is 15.3. The Balaban J connectivity index is 1.49. The minimum Gasteiger partial charge on any atom is -0.454 e. The first-order valence-corrected chi connectivity index (χ1v) is 11.4. The number of aryl methyl sites for hydroxylation is 2. The molecule has 8 heteroatoms. The Morgan fingerprint density at radius 2 is 1.75 bits per heavy atom. The van der Waals surface area contributed by atoms with E-state index in [-0.39, 0.29) is 17.6 Å². The Morgan fingerprint density at radius 3 is 2.56 bits per heavy atom. The van der Waals surface area contributed by atoms with Gasteiger partial charge in [-0.2, -0.15) is 0 Å². The Morgan fingerprint density at radius 1 is 0.938 bits per heavy atom. The summed E-state index contributed by atoms with van der Waals surface area (Å²) >= 11 is 0. The van der Waals surface area contributed by atoms with Crippen molar-refractivity contribution in [1.29, 1.82) is 0 Å². The van der Waals surface area contributed by atoms with Crippen LogP contribution in [0.5, 0.6) is 11.5 Å². The van der Waals surface area contributed by atoms with E-state index in [1.54, 1.807) is 55.5 Å². The number of anilines is 2. The minimum absolute atomic E-state index is 0.0940. The van der Waals surface area contributed by atoms with E-state index in [4.69, 9.17) is 9.47 Å². The number of sulfonamides is 1. The Kier molecular flexibility index (Phi) is 5.87. The van der Waals surface area contributed by atoms with E-state index in [1.165, 1.54) is 12.1 Å². The molecule has 2 N–H and O–H groups in total. The summed E-state index contributed by atoms with van der Waals surface area (Å²) in [7, 11) is -3.83. The Labute approximate surface area is 186 Å². The van der Waals surface area contributed by atoms with E-state index in [0.717, 1.165) is 11.1 Å². The van der Waals surface area contributed by atoms with Crippen molar-refractivity contribution in [3.05, 3.63) is 83.4 Å². The van der Waals surface area contributed by atoms with E-state index in [1.807, 2.05) is 19.1 Å². The fourth-order valence-corrected chi connectivity index (χ4v) is 4.58. The highest BCUT2D eigenvalue weighted by Crippen LogP contribution is 2.32. The molecule has 0 bridgehead atoms. The van der Waals surface area contributed by atoms with Crippen LogP contribution < -0.4 is 19.5 Å². The first kappa shape index (κ1) is 21.5. The molecule has 0 atom stereocenters. The van der Waals surface area contributed by atoms with Gasteiger partial charge in [-0.25, -0.2) is 8.42 Å². The lowest BCUT2D eigenvalue weighted by Crippen LogP contribution is -2.15. The minimum atomic E-state index is -3.83. The number of hydrogen-bond donors (Lipinski definition) is 2. The number of carbonyl (C=O) groups is 1. The number of amides is 1. The molecule has 0 spiro atoms. The van der Waals surface area contributed by atoms with Gasteiger partial charge >= 0.3 is 0 Å². The van der Waals surface area contributed by atoms with Crippen LogP contribution in [0.1, 0.15) is 16.7 Å². The predicted molar refractivity (Wildman–Crippen MR) is 123 cm³/mol. The maximum absolute atomic E-state index is 12.9. The number of rotatable bonds is 6. The first-order valence-electron chi connectivity index (χ1n) is 9.89. The van der Waals surface area contributed by atoms with Crippen molar-refractivity contribution in [3.8, 4) is 11.5 Å². The van der Waals surface area contributed by atoms with Crippen LogP contribution in [0.2, 0.25) is 0 Å². The zero-order chi connectivity index (χ0) is 22.7. The molecular weight excluding hydrogens is 428 g/mol. The van der Waals surface area contributed by atoms with Crippen molar-refractivity contribution in [3.63, 3.8) is 0 Å². The van der Waals surface area contributed by atoms with E-state index in [2.05, 4.69) is 10.0 Å². The van der Waals surface area contributed by atoms with Crippen molar-refractivity contribution < 1.29 is 22.7 Å². The molecule has 1 aliphatic heterocycles. The van der Waals surface area contributed by atoms with Gasteiger partial charge in [0, 0.05) is 17.5 Å². The average molecular weight is 451 g/mol. The lowest BCUT2D eigenvalue weighted by Gasteiger charge is -2.12. The fourth-order valence-electron chi connectivity index (χ4n) is 3.26. The van der Waals surface area contributed by atoms with E-state index in [9.17, 15) is 13.2 Å². The maximum Gasteiger partial charge on any atom is 0.262 e. The largest absolute Gasteiger partial charge is 0.454 e. The summed E-state index contributed by atoms with van der Waals surface area (Å²) in [6.07, 6.45) is 3.01. The SMILES string of the molecule is Cc1cccc(NS(=O)(=O)c2cc(NC(=O)/C=C/c3ccc4c(c3)OCO4)ccc2C)c1. The average Bonchev–Trinajstić information content (AvgIpc) is 3.21. The molecular formula is C24H22N2O5S. The number of carbonyl (C=O) groups excluding carboxylic acids is 1. The van der Waals surface area contributed by atoms with Gasteiger partial charge in [0.2, 0.25) is 12.7 Å². The highest BCUT2D eigenvalue weighted by molar-refractivity contribution is 7.92. The molecule has 4 rings (SSSR count). The summed E-state index contributed by atoms with van der Waals surface area (Å²) in [6, 6.07) is 17.2. The molecule has 0 fully saturated rings. The van der Waals surface area contributed by atoms with Gasteiger partial charge in [0.1, 0.15) is 0 Å². The van der Waals surface area contributed by atoms with Crippen LogP contribution in [0, 0.1) is 13.8 Å². The third-order valence-corrected chi connectivity index (χ3v) is 6.36. The van der Waals surface area contributed by atoms with Crippen LogP contribution in [-0.2, 0) is 14.8 Å². The monoisotopic (exact) mass is 450 g/mol. The van der Waals surface area contributed by atoms with Gasteiger partial charge in [0.25, 0.3) is 10.0 Å². The van der Waals surface area contributed by atoms with Gasteiger partial charge < -0.3 is 14.8 Å². The third kappa shape index (κ3) is 4.92. The molecule has 0 aliphatic carbocycles. The number of hydrogen-bond acceptors (Lipinski definition) is 5. The molecule has 0 saturated carbocycles. The second-order valence-electron chi connectivity index (χ2n) is 7.39. The van der Waals surface area contributed by atoms with E-state index < -0.39 is 10.0 Å². The molecule has 0 saturated heterocycles. The molecule has 1 aliphatic rings. The lowest BCUT2D eigenvalue weighted by molar-refractivity contribution is -0.111. The molecule has 3 aromatic carbocycles. The maximum atomic E-state index is 12.9. The fraction of sp³-hybridized carbons (Fsp3) is 0.125. The highest BCUT2D eigenvalue weighted by atomic mass is 32.2. The predicted octanol–water partition coefficient (Wildman–Crippen LogP) is 4.48. The van der Waals surface area contributed by atoms with Crippen molar-refractivity contribution in [2.45, 2.75) is 18.7 Å². The molecule has 1 heterocycles. The summed E-state index contributed by atoms with van der Waals surface area (Å²) < 4.78 is 39.0. The number of fused-ring (bicyclic) bond motifs is 1. The second-order valence-corrected chi connectivity index (χ2v) is 9.04. The van der Waals surface area contributed by atoms with Gasteiger partial charge in [-0.3, -0.25) is 9.52 Å². The van der Waals surface area contributed by atoms with Gasteiger partial charge in [-0.1, -0.05) is 24.3 Å². The normalized spacial score (nSPS) is 12.7. The molecule has 1 amide bonds. The third-order valence-electron chi connectivity index (χ3n) is 4.84. The number of nitrogens with one attached hydrogen (secondary N) is 2. The quantitative estimate of drug-likeness (QED) is 0.540. The van der Waals surface area contributed by atoms with Gasteiger partial charge in [-0.05, 0) is 73.0 Å². The molecule has 32 heavy (non-hydrogen) atoms. The topological polar surface area (TPSA) is 93.7 Å². The summed E-state index contributed by atoms with van der Waals surface area (Å²) in [5.74, 6) is 0.905. The second kappa shape index (κ2) is 8.76. The summed E-state index contributed by atoms with van der Waals surface area (Å²) in [6.45, 7) is 3.77. The number of benzene rings is 3. The molecule has 0 radical (unpaired) electrons. The molecule has 164 valence electrons. The van der Waals surface area contributed by atoms with Gasteiger partial charge in [-0.15, -0.1) is 0 Å². The van der Waals surface area contributed by atoms with Crippen LogP contribution in [0.15, 0.2) is 71.6 Å². The molecule has 3 aromatic rings. The van der Waals surface area contributed by atoms with Crippen LogP contribution >= 0.6 is 0 Å². The van der Waals surface area contributed by atoms with E-state index in [0.29, 0.717) is 28.4 Å². The van der Waals surface area contributed by atoms with Crippen LogP contribution in [0.4, 0.5) is 11.4 Å². The number of ether oxygens (including phenoxy) is 2. The van der Waals surface area contributed by atoms with Crippen molar-refractivity contribution in [2.24, 2.45) is 0 Å². The van der Waals surface area contributed by atoms with E-state index >= 15 is 0 Å². The smallest absolute Gasteiger partial charge is 0.262 e. The van der Waals surface area contributed by atoms with Crippen LogP contribution in [0.25, 0.3) is 6.08 Å². The van der Waals surface area contributed by atoms with Crippen molar-refractivity contribution >= 4 is 33.4 Å². The lowest BCUT2D eigenvalue weighted by atomic mass is 10.2. The zero-order valence-corrected chi connectivity index (χ0v) is 18.4. The van der Waals surface area contributed by atoms with Gasteiger partial charge in [0.05, 0.1) is 4.90 Å².